The van der Waals surface area contributed by atoms with Gasteiger partial charge < -0.3 is 31.9 Å². The second-order valence-corrected chi connectivity index (χ2v) is 7.88. The second-order valence-electron chi connectivity index (χ2n) is 7.51. The summed E-state index contributed by atoms with van der Waals surface area (Å²) in [6.45, 7) is 4.83. The summed E-state index contributed by atoms with van der Waals surface area (Å²) in [7, 11) is 0. The van der Waals surface area contributed by atoms with Crippen LogP contribution in [-0.2, 0) is 25.6 Å². The zero-order chi connectivity index (χ0) is 23.7. The van der Waals surface area contributed by atoms with E-state index < -0.39 is 47.9 Å². The van der Waals surface area contributed by atoms with Gasteiger partial charge >= 0.3 is 5.97 Å². The van der Waals surface area contributed by atoms with Crippen LogP contribution < -0.4 is 21.7 Å². The molecule has 0 aliphatic heterocycles. The lowest BCUT2D eigenvalue weighted by Gasteiger charge is -2.25. The van der Waals surface area contributed by atoms with Crippen molar-refractivity contribution in [2.75, 3.05) is 5.75 Å². The number of amides is 3. The molecule has 0 spiro atoms. The third-order valence-corrected chi connectivity index (χ3v) is 4.94. The Morgan fingerprint density at radius 3 is 1.94 bits per heavy atom. The first kappa shape index (κ1) is 26.2. The van der Waals surface area contributed by atoms with Crippen LogP contribution in [0, 0.1) is 5.92 Å². The van der Waals surface area contributed by atoms with E-state index in [2.05, 4.69) is 28.6 Å². The summed E-state index contributed by atoms with van der Waals surface area (Å²) >= 11 is 4.05. The predicted octanol–water partition coefficient (Wildman–Crippen LogP) is -0.593. The molecule has 0 fully saturated rings. The van der Waals surface area contributed by atoms with E-state index >= 15 is 0 Å². The molecule has 3 amide bonds. The monoisotopic (exact) mass is 454 g/mol. The lowest BCUT2D eigenvalue weighted by atomic mass is 10.0. The van der Waals surface area contributed by atoms with E-state index in [1.165, 1.54) is 19.1 Å². The Bertz CT molecular complexity index is 786. The number of carbonyl (C=O) groups is 4. The van der Waals surface area contributed by atoms with Gasteiger partial charge in [0.2, 0.25) is 17.7 Å². The summed E-state index contributed by atoms with van der Waals surface area (Å²) < 4.78 is 0. The highest BCUT2D eigenvalue weighted by atomic mass is 32.1. The van der Waals surface area contributed by atoms with Crippen LogP contribution in [0.4, 0.5) is 0 Å². The van der Waals surface area contributed by atoms with Gasteiger partial charge in [-0.25, -0.2) is 0 Å². The molecule has 4 unspecified atom stereocenters. The molecule has 4 atom stereocenters. The maximum atomic E-state index is 12.9. The first-order valence-electron chi connectivity index (χ1n) is 9.74. The number of aromatic hydroxyl groups is 1. The maximum Gasteiger partial charge on any atom is 0.325 e. The van der Waals surface area contributed by atoms with Crippen LogP contribution in [0.5, 0.6) is 5.75 Å². The van der Waals surface area contributed by atoms with Crippen molar-refractivity contribution in [3.05, 3.63) is 29.8 Å². The lowest BCUT2D eigenvalue weighted by Crippen LogP contribution is -2.58. The van der Waals surface area contributed by atoms with Crippen molar-refractivity contribution >= 4 is 36.3 Å². The van der Waals surface area contributed by atoms with Crippen molar-refractivity contribution in [3.8, 4) is 5.75 Å². The fourth-order valence-corrected chi connectivity index (χ4v) is 2.75. The van der Waals surface area contributed by atoms with E-state index in [1.807, 2.05) is 0 Å². The number of rotatable bonds is 11. The molecule has 0 aromatic heterocycles. The molecule has 31 heavy (non-hydrogen) atoms. The Morgan fingerprint density at radius 1 is 0.935 bits per heavy atom. The van der Waals surface area contributed by atoms with Gasteiger partial charge in [0.15, 0.2) is 0 Å². The number of carboxylic acid groups (broad SMARTS) is 1. The molecule has 11 heteroatoms. The zero-order valence-corrected chi connectivity index (χ0v) is 18.6. The summed E-state index contributed by atoms with van der Waals surface area (Å²) in [5.41, 5.74) is 6.53. The number of nitrogens with two attached hydrogens (primary N) is 1. The normalized spacial score (nSPS) is 14.8. The van der Waals surface area contributed by atoms with Crippen LogP contribution >= 0.6 is 12.6 Å². The lowest BCUT2D eigenvalue weighted by molar-refractivity contribution is -0.141. The number of carbonyl (C=O) groups excluding carboxylic acids is 3. The number of benzene rings is 1. The van der Waals surface area contributed by atoms with E-state index in [9.17, 15) is 24.3 Å². The van der Waals surface area contributed by atoms with Crippen LogP contribution in [0.3, 0.4) is 0 Å². The van der Waals surface area contributed by atoms with E-state index in [1.54, 1.807) is 26.0 Å². The molecule has 0 bridgehead atoms. The highest BCUT2D eigenvalue weighted by Gasteiger charge is 2.29. The van der Waals surface area contributed by atoms with E-state index in [0.717, 1.165) is 0 Å². The summed E-state index contributed by atoms with van der Waals surface area (Å²) in [5.74, 6) is -3.32. The van der Waals surface area contributed by atoms with Crippen molar-refractivity contribution in [1.29, 1.82) is 0 Å². The second kappa shape index (κ2) is 12.2. The molecule has 1 rings (SSSR count). The number of hydrogen-bond acceptors (Lipinski definition) is 7. The number of phenolic OH excluding ortho intramolecular Hbond substituents is 1. The fourth-order valence-electron chi connectivity index (χ4n) is 2.49. The highest BCUT2D eigenvalue weighted by molar-refractivity contribution is 7.80. The van der Waals surface area contributed by atoms with Crippen molar-refractivity contribution in [3.63, 3.8) is 0 Å². The number of thiol groups is 1. The molecule has 7 N–H and O–H groups in total. The van der Waals surface area contributed by atoms with Crippen LogP contribution in [0.2, 0.25) is 0 Å². The standard InChI is InChI=1S/C20H30N4O6S/c1-10(2)16(21)19(28)23-14(8-12-4-6-13(25)7-5-12)17(26)24-15(9-31)18(27)22-11(3)20(29)30/h4-7,10-11,14-16,25,31H,8-9,21H2,1-3H3,(H,22,27)(H,23,28)(H,24,26)(H,29,30). The smallest absolute Gasteiger partial charge is 0.325 e. The molecule has 0 radical (unpaired) electrons. The number of phenols is 1. The minimum absolute atomic E-state index is 0.0509. The Kier molecular flexibility index (Phi) is 10.3. The number of carboxylic acids is 1. The molecule has 0 heterocycles. The number of hydrogen-bond donors (Lipinski definition) is 7. The van der Waals surface area contributed by atoms with Gasteiger partial charge in [-0.3, -0.25) is 19.2 Å². The van der Waals surface area contributed by atoms with Gasteiger partial charge in [0.05, 0.1) is 6.04 Å². The fraction of sp³-hybridized carbons (Fsp3) is 0.500. The van der Waals surface area contributed by atoms with Gasteiger partial charge in [0.1, 0.15) is 23.9 Å². The summed E-state index contributed by atoms with van der Waals surface area (Å²) in [5, 5.41) is 25.7. The first-order valence-corrected chi connectivity index (χ1v) is 10.4. The minimum Gasteiger partial charge on any atom is -0.508 e. The van der Waals surface area contributed by atoms with E-state index in [4.69, 9.17) is 10.8 Å². The summed E-state index contributed by atoms with van der Waals surface area (Å²) in [4.78, 5) is 48.6. The molecular weight excluding hydrogens is 424 g/mol. The van der Waals surface area contributed by atoms with Crippen LogP contribution in [0.15, 0.2) is 24.3 Å². The third kappa shape index (κ3) is 8.46. The molecule has 10 nitrogen and oxygen atoms in total. The van der Waals surface area contributed by atoms with Gasteiger partial charge in [-0.15, -0.1) is 0 Å². The van der Waals surface area contributed by atoms with Crippen molar-refractivity contribution in [2.24, 2.45) is 11.7 Å². The van der Waals surface area contributed by atoms with Gasteiger partial charge in [-0.2, -0.15) is 12.6 Å². The van der Waals surface area contributed by atoms with E-state index in [0.29, 0.717) is 5.56 Å². The maximum absolute atomic E-state index is 12.9. The SMILES string of the molecule is CC(NC(=O)C(CS)NC(=O)C(Cc1ccc(O)cc1)NC(=O)C(N)C(C)C)C(=O)O. The Balaban J connectivity index is 2.99. The Morgan fingerprint density at radius 2 is 1.45 bits per heavy atom. The van der Waals surface area contributed by atoms with Gasteiger partial charge in [-0.1, -0.05) is 26.0 Å². The Labute approximate surface area is 186 Å². The largest absolute Gasteiger partial charge is 0.508 e. The van der Waals surface area contributed by atoms with Crippen molar-refractivity contribution < 1.29 is 29.4 Å². The topological polar surface area (TPSA) is 171 Å². The molecule has 172 valence electrons. The van der Waals surface area contributed by atoms with Gasteiger partial charge in [0, 0.05) is 12.2 Å². The van der Waals surface area contributed by atoms with Crippen molar-refractivity contribution in [1.82, 2.24) is 16.0 Å². The Hall–Kier alpha value is -2.79. The quantitative estimate of drug-likeness (QED) is 0.219. The molecule has 0 saturated heterocycles. The van der Waals surface area contributed by atoms with Gasteiger partial charge in [0.25, 0.3) is 0 Å². The molecule has 1 aromatic rings. The summed E-state index contributed by atoms with van der Waals surface area (Å²) in [6.07, 6.45) is 0.0785. The molecule has 0 aliphatic carbocycles. The van der Waals surface area contributed by atoms with Crippen LogP contribution in [0.1, 0.15) is 26.3 Å². The highest BCUT2D eigenvalue weighted by Crippen LogP contribution is 2.12. The predicted molar refractivity (Wildman–Crippen MR) is 118 cm³/mol. The molecule has 1 aromatic carbocycles. The van der Waals surface area contributed by atoms with Crippen LogP contribution in [0.25, 0.3) is 0 Å². The average molecular weight is 455 g/mol. The summed E-state index contributed by atoms with van der Waals surface area (Å²) in [6, 6.07) is 1.93. The number of nitrogens with one attached hydrogen (secondary N) is 3. The van der Waals surface area contributed by atoms with Crippen molar-refractivity contribution in [2.45, 2.75) is 51.4 Å². The van der Waals surface area contributed by atoms with E-state index in [-0.39, 0.29) is 23.8 Å². The molecule has 0 aliphatic rings. The van der Waals surface area contributed by atoms with Gasteiger partial charge in [-0.05, 0) is 30.5 Å². The minimum atomic E-state index is -1.22. The third-order valence-electron chi connectivity index (χ3n) is 4.57. The molecule has 0 saturated carbocycles. The molecular formula is C20H30N4O6S. The van der Waals surface area contributed by atoms with Crippen LogP contribution in [-0.4, -0.2) is 63.8 Å². The first-order chi connectivity index (χ1) is 14.5. The average Bonchev–Trinajstić information content (AvgIpc) is 2.71. The zero-order valence-electron chi connectivity index (χ0n) is 17.7. The number of aliphatic carboxylic acids is 1.